The predicted molar refractivity (Wildman–Crippen MR) is 60.6 cm³/mol. The van der Waals surface area contributed by atoms with E-state index in [1.807, 2.05) is 12.1 Å². The molecule has 1 aliphatic carbocycles. The second-order valence-corrected chi connectivity index (χ2v) is 4.58. The molecule has 1 aromatic rings. The molecule has 1 saturated carbocycles. The van der Waals surface area contributed by atoms with E-state index in [9.17, 15) is 0 Å². The Morgan fingerprint density at radius 2 is 2.36 bits per heavy atom. The molecule has 14 heavy (non-hydrogen) atoms. The predicted octanol–water partition coefficient (Wildman–Crippen LogP) is 2.52. The van der Waals surface area contributed by atoms with Gasteiger partial charge < -0.3 is 10.5 Å². The first-order valence-corrected chi connectivity index (χ1v) is 5.59. The molecule has 2 atom stereocenters. The maximum atomic E-state index is 5.63. The maximum absolute atomic E-state index is 5.63. The Balaban J connectivity index is 2.19. The van der Waals surface area contributed by atoms with Crippen molar-refractivity contribution in [2.75, 3.05) is 13.7 Å². The Bertz CT molecular complexity index is 340. The molecule has 2 rings (SSSR count). The molecule has 0 unspecified atom stereocenters. The van der Waals surface area contributed by atoms with Gasteiger partial charge >= 0.3 is 0 Å². The number of benzene rings is 1. The lowest BCUT2D eigenvalue weighted by molar-refractivity contribution is 0.414. The fourth-order valence-corrected chi connectivity index (χ4v) is 2.48. The van der Waals surface area contributed by atoms with Crippen LogP contribution in [-0.4, -0.2) is 13.7 Å². The van der Waals surface area contributed by atoms with Crippen molar-refractivity contribution in [3.63, 3.8) is 0 Å². The summed E-state index contributed by atoms with van der Waals surface area (Å²) in [4.78, 5) is 0. The molecule has 0 aromatic heterocycles. The minimum Gasteiger partial charge on any atom is -0.497 e. The van der Waals surface area contributed by atoms with Crippen LogP contribution in [-0.2, 0) is 0 Å². The van der Waals surface area contributed by atoms with Crippen LogP contribution < -0.4 is 10.5 Å². The SMILES string of the molecule is COc1ccc([C@@H]2C[C@H]2CN)c(Br)c1. The highest BCUT2D eigenvalue weighted by atomic mass is 79.9. The highest BCUT2D eigenvalue weighted by molar-refractivity contribution is 9.10. The van der Waals surface area contributed by atoms with Gasteiger partial charge in [-0.3, -0.25) is 0 Å². The van der Waals surface area contributed by atoms with Crippen molar-refractivity contribution in [3.8, 4) is 5.75 Å². The first-order chi connectivity index (χ1) is 6.76. The Morgan fingerprint density at radius 3 is 2.86 bits per heavy atom. The van der Waals surface area contributed by atoms with Crippen molar-refractivity contribution in [3.05, 3.63) is 28.2 Å². The first kappa shape index (κ1) is 9.99. The molecule has 76 valence electrons. The van der Waals surface area contributed by atoms with Crippen LogP contribution in [0.15, 0.2) is 22.7 Å². The third-order valence-corrected chi connectivity index (χ3v) is 3.52. The fourth-order valence-electron chi connectivity index (χ4n) is 1.82. The number of methoxy groups -OCH3 is 1. The number of rotatable bonds is 3. The van der Waals surface area contributed by atoms with Crippen LogP contribution in [0.25, 0.3) is 0 Å². The van der Waals surface area contributed by atoms with Crippen LogP contribution in [0.4, 0.5) is 0 Å². The van der Waals surface area contributed by atoms with Crippen LogP contribution in [0.3, 0.4) is 0 Å². The van der Waals surface area contributed by atoms with Gasteiger partial charge in [0, 0.05) is 4.47 Å². The zero-order chi connectivity index (χ0) is 10.1. The number of hydrogen-bond acceptors (Lipinski definition) is 2. The number of halogens is 1. The average Bonchev–Trinajstić information content (AvgIpc) is 2.96. The van der Waals surface area contributed by atoms with Gasteiger partial charge in [-0.25, -0.2) is 0 Å². The Kier molecular flexibility index (Phi) is 2.79. The van der Waals surface area contributed by atoms with Crippen molar-refractivity contribution in [2.45, 2.75) is 12.3 Å². The molecule has 3 heteroatoms. The quantitative estimate of drug-likeness (QED) is 0.901. The van der Waals surface area contributed by atoms with Crippen molar-refractivity contribution in [2.24, 2.45) is 11.7 Å². The third kappa shape index (κ3) is 1.79. The minimum atomic E-state index is 0.653. The van der Waals surface area contributed by atoms with E-state index in [4.69, 9.17) is 10.5 Å². The number of hydrogen-bond donors (Lipinski definition) is 1. The Morgan fingerprint density at radius 1 is 1.57 bits per heavy atom. The number of ether oxygens (including phenoxy) is 1. The lowest BCUT2D eigenvalue weighted by Gasteiger charge is -2.05. The van der Waals surface area contributed by atoms with Gasteiger partial charge in [-0.1, -0.05) is 22.0 Å². The maximum Gasteiger partial charge on any atom is 0.120 e. The van der Waals surface area contributed by atoms with Gasteiger partial charge in [-0.15, -0.1) is 0 Å². The van der Waals surface area contributed by atoms with E-state index in [-0.39, 0.29) is 0 Å². The molecule has 2 N–H and O–H groups in total. The molecular weight excluding hydrogens is 242 g/mol. The lowest BCUT2D eigenvalue weighted by atomic mass is 10.1. The highest BCUT2D eigenvalue weighted by Crippen LogP contribution is 2.49. The zero-order valence-corrected chi connectivity index (χ0v) is 9.75. The van der Waals surface area contributed by atoms with E-state index in [1.165, 1.54) is 12.0 Å². The molecule has 0 saturated heterocycles. The Labute approximate surface area is 92.6 Å². The van der Waals surface area contributed by atoms with Crippen molar-refractivity contribution >= 4 is 15.9 Å². The van der Waals surface area contributed by atoms with Gasteiger partial charge in [0.15, 0.2) is 0 Å². The van der Waals surface area contributed by atoms with E-state index in [0.29, 0.717) is 11.8 Å². The lowest BCUT2D eigenvalue weighted by Crippen LogP contribution is -2.02. The molecule has 0 aliphatic heterocycles. The largest absolute Gasteiger partial charge is 0.497 e. The van der Waals surface area contributed by atoms with E-state index in [0.717, 1.165) is 16.8 Å². The van der Waals surface area contributed by atoms with E-state index < -0.39 is 0 Å². The summed E-state index contributed by atoms with van der Waals surface area (Å²) < 4.78 is 6.29. The van der Waals surface area contributed by atoms with Gasteiger partial charge in [-0.05, 0) is 42.5 Å². The molecule has 0 spiro atoms. The summed E-state index contributed by atoms with van der Waals surface area (Å²) in [5, 5.41) is 0. The van der Waals surface area contributed by atoms with Crippen molar-refractivity contribution in [1.82, 2.24) is 0 Å². The standard InChI is InChI=1S/C11H14BrNO/c1-14-8-2-3-9(11(12)5-8)10-4-7(10)6-13/h2-3,5,7,10H,4,6,13H2,1H3/t7-,10+/m0/s1. The van der Waals surface area contributed by atoms with Crippen LogP contribution in [0, 0.1) is 5.92 Å². The molecule has 0 bridgehead atoms. The summed E-state index contributed by atoms with van der Waals surface area (Å²) in [6.07, 6.45) is 1.22. The average molecular weight is 256 g/mol. The van der Waals surface area contributed by atoms with E-state index in [1.54, 1.807) is 7.11 Å². The second-order valence-electron chi connectivity index (χ2n) is 3.73. The van der Waals surface area contributed by atoms with Gasteiger partial charge in [0.2, 0.25) is 0 Å². The molecule has 0 radical (unpaired) electrons. The summed E-state index contributed by atoms with van der Waals surface area (Å²) in [6.45, 7) is 0.795. The summed E-state index contributed by atoms with van der Waals surface area (Å²) in [7, 11) is 1.68. The third-order valence-electron chi connectivity index (χ3n) is 2.83. The fraction of sp³-hybridized carbons (Fsp3) is 0.455. The van der Waals surface area contributed by atoms with Crippen LogP contribution >= 0.6 is 15.9 Å². The molecule has 0 amide bonds. The summed E-state index contributed by atoms with van der Waals surface area (Å²) in [5.41, 5.74) is 6.99. The van der Waals surface area contributed by atoms with Crippen LogP contribution in [0.2, 0.25) is 0 Å². The van der Waals surface area contributed by atoms with Crippen LogP contribution in [0.1, 0.15) is 17.9 Å². The molecule has 0 heterocycles. The topological polar surface area (TPSA) is 35.2 Å². The van der Waals surface area contributed by atoms with Crippen LogP contribution in [0.5, 0.6) is 5.75 Å². The first-order valence-electron chi connectivity index (χ1n) is 4.79. The summed E-state index contributed by atoms with van der Waals surface area (Å²) in [5.74, 6) is 2.23. The van der Waals surface area contributed by atoms with Gasteiger partial charge in [0.1, 0.15) is 5.75 Å². The smallest absolute Gasteiger partial charge is 0.120 e. The molecule has 1 aliphatic rings. The van der Waals surface area contributed by atoms with E-state index >= 15 is 0 Å². The van der Waals surface area contributed by atoms with Gasteiger partial charge in [-0.2, -0.15) is 0 Å². The molecule has 1 aromatic carbocycles. The van der Waals surface area contributed by atoms with Gasteiger partial charge in [0.25, 0.3) is 0 Å². The monoisotopic (exact) mass is 255 g/mol. The zero-order valence-electron chi connectivity index (χ0n) is 8.16. The summed E-state index contributed by atoms with van der Waals surface area (Å²) >= 11 is 3.56. The molecular formula is C11H14BrNO. The van der Waals surface area contributed by atoms with E-state index in [2.05, 4.69) is 22.0 Å². The number of nitrogens with two attached hydrogens (primary N) is 1. The molecule has 2 nitrogen and oxygen atoms in total. The van der Waals surface area contributed by atoms with Crippen molar-refractivity contribution in [1.29, 1.82) is 0 Å². The van der Waals surface area contributed by atoms with Crippen molar-refractivity contribution < 1.29 is 4.74 Å². The normalized spacial score (nSPS) is 24.8. The molecule has 1 fully saturated rings. The Hall–Kier alpha value is -0.540. The second kappa shape index (κ2) is 3.91. The highest BCUT2D eigenvalue weighted by Gasteiger charge is 2.37. The summed E-state index contributed by atoms with van der Waals surface area (Å²) in [6, 6.07) is 6.15. The van der Waals surface area contributed by atoms with Gasteiger partial charge in [0.05, 0.1) is 7.11 Å². The minimum absolute atomic E-state index is 0.653.